The Morgan fingerprint density at radius 3 is 2.90 bits per heavy atom. The number of anilines is 1. The molecule has 10 heteroatoms. The first kappa shape index (κ1) is 21.3. The third-order valence-corrected chi connectivity index (χ3v) is 5.85. The normalized spacial score (nSPS) is 15.7. The summed E-state index contributed by atoms with van der Waals surface area (Å²) >= 11 is 1.31. The minimum atomic E-state index is -0.192. The van der Waals surface area contributed by atoms with Crippen LogP contribution in [0.4, 0.5) is 5.69 Å². The van der Waals surface area contributed by atoms with Gasteiger partial charge in [0.1, 0.15) is 11.5 Å². The summed E-state index contributed by atoms with van der Waals surface area (Å²) in [5.41, 5.74) is 0.546. The molecule has 31 heavy (non-hydrogen) atoms. The predicted molar refractivity (Wildman–Crippen MR) is 116 cm³/mol. The number of thioether (sulfide) groups is 1. The van der Waals surface area contributed by atoms with Crippen molar-refractivity contribution in [1.82, 2.24) is 14.8 Å². The maximum atomic E-state index is 12.6. The fourth-order valence-electron chi connectivity index (χ4n) is 3.37. The second-order valence-corrected chi connectivity index (χ2v) is 7.87. The van der Waals surface area contributed by atoms with Gasteiger partial charge in [-0.15, -0.1) is 10.2 Å². The van der Waals surface area contributed by atoms with Crippen LogP contribution in [0.1, 0.15) is 12.8 Å². The van der Waals surface area contributed by atoms with Crippen LogP contribution in [0.15, 0.2) is 46.2 Å². The first-order valence-corrected chi connectivity index (χ1v) is 10.9. The van der Waals surface area contributed by atoms with Gasteiger partial charge in [0, 0.05) is 12.7 Å². The zero-order chi connectivity index (χ0) is 21.6. The topological polar surface area (TPSA) is 101 Å². The number of benzene rings is 1. The molecule has 1 saturated heterocycles. The Labute approximate surface area is 184 Å². The zero-order valence-electron chi connectivity index (χ0n) is 17.4. The first-order chi connectivity index (χ1) is 15.2. The number of nitrogens with one attached hydrogen (secondary N) is 1. The average Bonchev–Trinajstić information content (AvgIpc) is 3.55. The van der Waals surface area contributed by atoms with E-state index in [4.69, 9.17) is 18.6 Å². The van der Waals surface area contributed by atoms with Crippen molar-refractivity contribution in [2.75, 3.05) is 31.9 Å². The molecule has 0 saturated carbocycles. The van der Waals surface area contributed by atoms with Crippen LogP contribution >= 0.6 is 11.8 Å². The van der Waals surface area contributed by atoms with E-state index in [9.17, 15) is 4.79 Å². The zero-order valence-corrected chi connectivity index (χ0v) is 18.2. The number of amides is 1. The Balaban J connectivity index is 1.47. The molecule has 3 aromatic rings. The number of carbonyl (C=O) groups is 1. The summed E-state index contributed by atoms with van der Waals surface area (Å²) in [6.45, 7) is 1.37. The van der Waals surface area contributed by atoms with E-state index in [1.165, 1.54) is 11.8 Å². The van der Waals surface area contributed by atoms with Gasteiger partial charge in [-0.1, -0.05) is 11.8 Å². The first-order valence-electron chi connectivity index (χ1n) is 9.91. The number of carbonyl (C=O) groups excluding carboxylic acids is 1. The molecule has 2 aromatic heterocycles. The summed E-state index contributed by atoms with van der Waals surface area (Å²) in [7, 11) is 3.12. The van der Waals surface area contributed by atoms with Crippen molar-refractivity contribution in [3.63, 3.8) is 0 Å². The lowest BCUT2D eigenvalue weighted by Crippen LogP contribution is -2.18. The Bertz CT molecular complexity index is 1010. The van der Waals surface area contributed by atoms with Gasteiger partial charge >= 0.3 is 0 Å². The maximum Gasteiger partial charge on any atom is 0.234 e. The van der Waals surface area contributed by atoms with Crippen molar-refractivity contribution >= 4 is 23.4 Å². The predicted octanol–water partition coefficient (Wildman–Crippen LogP) is 3.47. The summed E-state index contributed by atoms with van der Waals surface area (Å²) in [4.78, 5) is 12.6. The molecule has 164 valence electrons. The van der Waals surface area contributed by atoms with Crippen molar-refractivity contribution in [1.29, 1.82) is 0 Å². The Hall–Kier alpha value is -2.98. The number of furan rings is 1. The van der Waals surface area contributed by atoms with Gasteiger partial charge in [-0.3, -0.25) is 9.36 Å². The fourth-order valence-corrected chi connectivity index (χ4v) is 4.12. The lowest BCUT2D eigenvalue weighted by molar-refractivity contribution is -0.113. The van der Waals surface area contributed by atoms with Gasteiger partial charge in [-0.05, 0) is 37.1 Å². The fraction of sp³-hybridized carbons (Fsp3) is 0.381. The second-order valence-electron chi connectivity index (χ2n) is 6.93. The van der Waals surface area contributed by atoms with E-state index in [0.717, 1.165) is 19.4 Å². The Kier molecular flexibility index (Phi) is 6.78. The van der Waals surface area contributed by atoms with Gasteiger partial charge < -0.3 is 23.9 Å². The number of aromatic nitrogens is 3. The molecule has 3 heterocycles. The van der Waals surface area contributed by atoms with Crippen LogP contribution in [0, 0.1) is 0 Å². The molecule has 0 radical (unpaired) electrons. The summed E-state index contributed by atoms with van der Waals surface area (Å²) in [5, 5.41) is 12.1. The molecule has 1 aliphatic rings. The lowest BCUT2D eigenvalue weighted by Gasteiger charge is -2.14. The van der Waals surface area contributed by atoms with Gasteiger partial charge in [0.15, 0.2) is 10.9 Å². The molecule has 1 N–H and O–H groups in total. The van der Waals surface area contributed by atoms with Crippen LogP contribution in [0.2, 0.25) is 0 Å². The van der Waals surface area contributed by atoms with Gasteiger partial charge in [0.2, 0.25) is 11.7 Å². The minimum absolute atomic E-state index is 0.0962. The number of methoxy groups -OCH3 is 2. The van der Waals surface area contributed by atoms with E-state index in [2.05, 4.69) is 15.5 Å². The average molecular weight is 445 g/mol. The standard InChI is InChI=1S/C21H24N4O5S/c1-27-14-7-8-17(28-2)16(11-14)22-19(26)13-31-21-24-23-20(18-6-4-10-30-18)25(21)12-15-5-3-9-29-15/h4,6-8,10-11,15H,3,5,9,12-13H2,1-2H3,(H,22,26)/t15-/m0/s1. The molecule has 1 aromatic carbocycles. The van der Waals surface area contributed by atoms with E-state index in [1.54, 1.807) is 38.7 Å². The SMILES string of the molecule is COc1ccc(OC)c(NC(=O)CSc2nnc(-c3ccco3)n2C[C@@H]2CCCO2)c1. The van der Waals surface area contributed by atoms with E-state index in [1.807, 2.05) is 16.7 Å². The number of hydrogen-bond acceptors (Lipinski definition) is 8. The summed E-state index contributed by atoms with van der Waals surface area (Å²) in [6.07, 6.45) is 3.72. The number of nitrogens with zero attached hydrogens (tertiary/aromatic N) is 3. The molecule has 0 unspecified atom stereocenters. The van der Waals surface area contributed by atoms with Gasteiger partial charge in [-0.2, -0.15) is 0 Å². The third kappa shape index (κ3) is 5.02. The molecule has 1 amide bonds. The largest absolute Gasteiger partial charge is 0.497 e. The third-order valence-electron chi connectivity index (χ3n) is 4.88. The molecule has 9 nitrogen and oxygen atoms in total. The smallest absolute Gasteiger partial charge is 0.234 e. The second kappa shape index (κ2) is 9.88. The number of rotatable bonds is 9. The lowest BCUT2D eigenvalue weighted by atomic mass is 10.2. The summed E-state index contributed by atoms with van der Waals surface area (Å²) < 4.78 is 23.8. The van der Waals surface area contributed by atoms with Crippen LogP contribution in [0.25, 0.3) is 11.6 Å². The van der Waals surface area contributed by atoms with Crippen molar-refractivity contribution < 1.29 is 23.4 Å². The van der Waals surface area contributed by atoms with E-state index >= 15 is 0 Å². The quantitative estimate of drug-likeness (QED) is 0.501. The van der Waals surface area contributed by atoms with Crippen LogP contribution in [0.5, 0.6) is 11.5 Å². The van der Waals surface area contributed by atoms with Crippen LogP contribution in [0.3, 0.4) is 0 Å². The van der Waals surface area contributed by atoms with E-state index in [0.29, 0.717) is 40.5 Å². The van der Waals surface area contributed by atoms with Gasteiger partial charge in [0.25, 0.3) is 0 Å². The molecule has 1 fully saturated rings. The number of hydrogen-bond donors (Lipinski definition) is 1. The minimum Gasteiger partial charge on any atom is -0.497 e. The molecular weight excluding hydrogens is 420 g/mol. The highest BCUT2D eigenvalue weighted by Gasteiger charge is 2.23. The molecule has 1 atom stereocenters. The summed E-state index contributed by atoms with van der Waals surface area (Å²) in [5.74, 6) is 2.40. The van der Waals surface area contributed by atoms with Crippen molar-refractivity contribution in [2.45, 2.75) is 30.6 Å². The summed E-state index contributed by atoms with van der Waals surface area (Å²) in [6, 6.07) is 8.88. The van der Waals surface area contributed by atoms with E-state index in [-0.39, 0.29) is 17.8 Å². The number of ether oxygens (including phenoxy) is 3. The molecular formula is C21H24N4O5S. The van der Waals surface area contributed by atoms with Crippen LogP contribution < -0.4 is 14.8 Å². The highest BCUT2D eigenvalue weighted by Crippen LogP contribution is 2.30. The van der Waals surface area contributed by atoms with E-state index < -0.39 is 0 Å². The molecule has 0 aliphatic carbocycles. The van der Waals surface area contributed by atoms with Crippen molar-refractivity contribution in [3.8, 4) is 23.1 Å². The molecule has 4 rings (SSSR count). The monoisotopic (exact) mass is 444 g/mol. The molecule has 1 aliphatic heterocycles. The molecule has 0 spiro atoms. The highest BCUT2D eigenvalue weighted by atomic mass is 32.2. The van der Waals surface area contributed by atoms with Crippen LogP contribution in [-0.4, -0.2) is 53.4 Å². The van der Waals surface area contributed by atoms with Crippen molar-refractivity contribution in [2.24, 2.45) is 0 Å². The highest BCUT2D eigenvalue weighted by molar-refractivity contribution is 7.99. The van der Waals surface area contributed by atoms with Gasteiger partial charge in [-0.25, -0.2) is 0 Å². The van der Waals surface area contributed by atoms with Crippen LogP contribution in [-0.2, 0) is 16.1 Å². The maximum absolute atomic E-state index is 12.6. The van der Waals surface area contributed by atoms with Crippen molar-refractivity contribution in [3.05, 3.63) is 36.6 Å². The van der Waals surface area contributed by atoms with Gasteiger partial charge in [0.05, 0.1) is 44.6 Å². The molecule has 0 bridgehead atoms. The Morgan fingerprint density at radius 2 is 2.19 bits per heavy atom. The Morgan fingerprint density at radius 1 is 1.29 bits per heavy atom.